The molecule has 4 rings (SSSR count). The molecular weight excluding hydrogens is 246 g/mol. The molecule has 3 nitrogen and oxygen atoms in total. The second kappa shape index (κ2) is 3.78. The summed E-state index contributed by atoms with van der Waals surface area (Å²) in [5.74, 6) is 1.78. The highest BCUT2D eigenvalue weighted by molar-refractivity contribution is 5.77. The van der Waals surface area contributed by atoms with Crippen LogP contribution in [0.25, 0.3) is 11.0 Å². The van der Waals surface area contributed by atoms with Crippen molar-refractivity contribution in [2.45, 2.75) is 46.1 Å². The summed E-state index contributed by atoms with van der Waals surface area (Å²) in [6.07, 6.45) is 4.10. The van der Waals surface area contributed by atoms with E-state index < -0.39 is 0 Å². The van der Waals surface area contributed by atoms with Gasteiger partial charge in [-0.2, -0.15) is 0 Å². The number of rotatable bonds is 2. The van der Waals surface area contributed by atoms with Crippen molar-refractivity contribution in [2.75, 3.05) is 5.32 Å². The molecule has 2 saturated carbocycles. The van der Waals surface area contributed by atoms with Crippen LogP contribution in [0.5, 0.6) is 0 Å². The zero-order valence-electron chi connectivity index (χ0n) is 12.5. The molecular formula is C17H23N3. The van der Waals surface area contributed by atoms with Gasteiger partial charge in [0.1, 0.15) is 0 Å². The molecule has 3 heteroatoms. The molecule has 1 heterocycles. The quantitative estimate of drug-likeness (QED) is 0.858. The lowest BCUT2D eigenvalue weighted by Crippen LogP contribution is -2.46. The molecule has 0 aliphatic heterocycles. The van der Waals surface area contributed by atoms with Crippen molar-refractivity contribution in [3.63, 3.8) is 0 Å². The van der Waals surface area contributed by atoms with Gasteiger partial charge in [0.2, 0.25) is 5.95 Å². The number of nitrogens with zero attached hydrogens (tertiary/aromatic N) is 1. The van der Waals surface area contributed by atoms with Crippen molar-refractivity contribution < 1.29 is 0 Å². The lowest BCUT2D eigenvalue weighted by molar-refractivity contribution is 0.155. The minimum Gasteiger partial charge on any atom is -0.352 e. The topological polar surface area (TPSA) is 40.7 Å². The number of fused-ring (bicyclic) bond motifs is 3. The first-order valence-corrected chi connectivity index (χ1v) is 7.70. The number of benzene rings is 1. The van der Waals surface area contributed by atoms with Crippen molar-refractivity contribution >= 4 is 17.0 Å². The highest BCUT2D eigenvalue weighted by atomic mass is 15.2. The number of para-hydroxylation sites is 2. The van der Waals surface area contributed by atoms with Gasteiger partial charge in [0.25, 0.3) is 0 Å². The molecule has 106 valence electrons. The van der Waals surface area contributed by atoms with Crippen molar-refractivity contribution in [3.8, 4) is 0 Å². The summed E-state index contributed by atoms with van der Waals surface area (Å²) >= 11 is 0. The Labute approximate surface area is 120 Å². The minimum absolute atomic E-state index is 0.353. The molecule has 2 fully saturated rings. The predicted molar refractivity (Wildman–Crippen MR) is 82.7 cm³/mol. The smallest absolute Gasteiger partial charge is 0.201 e. The number of aromatic amines is 1. The van der Waals surface area contributed by atoms with E-state index in [1.54, 1.807) is 0 Å². The number of hydrogen-bond donors (Lipinski definition) is 2. The summed E-state index contributed by atoms with van der Waals surface area (Å²) in [5, 5.41) is 3.73. The van der Waals surface area contributed by atoms with Crippen molar-refractivity contribution in [1.29, 1.82) is 0 Å². The number of aromatic nitrogens is 2. The maximum atomic E-state index is 4.69. The van der Waals surface area contributed by atoms with Gasteiger partial charge in [-0.15, -0.1) is 0 Å². The Morgan fingerprint density at radius 3 is 2.75 bits per heavy atom. The molecule has 2 aliphatic carbocycles. The maximum Gasteiger partial charge on any atom is 0.201 e. The molecule has 20 heavy (non-hydrogen) atoms. The Morgan fingerprint density at radius 1 is 1.25 bits per heavy atom. The third-order valence-corrected chi connectivity index (χ3v) is 5.94. The van der Waals surface area contributed by atoms with Crippen LogP contribution < -0.4 is 5.32 Å². The van der Waals surface area contributed by atoms with Crippen molar-refractivity contribution in [3.05, 3.63) is 24.3 Å². The molecule has 2 bridgehead atoms. The molecule has 0 amide bonds. The average molecular weight is 269 g/mol. The predicted octanol–water partition coefficient (Wildman–Crippen LogP) is 4.19. The molecule has 1 aromatic carbocycles. The summed E-state index contributed by atoms with van der Waals surface area (Å²) in [6.45, 7) is 7.28. The van der Waals surface area contributed by atoms with Gasteiger partial charge in [-0.3, -0.25) is 0 Å². The first kappa shape index (κ1) is 12.2. The van der Waals surface area contributed by atoms with Gasteiger partial charge >= 0.3 is 0 Å². The second-order valence-corrected chi connectivity index (χ2v) is 7.60. The van der Waals surface area contributed by atoms with E-state index in [4.69, 9.17) is 0 Å². The number of nitrogens with one attached hydrogen (secondary N) is 2. The lowest BCUT2D eigenvalue weighted by Gasteiger charge is -2.43. The van der Waals surface area contributed by atoms with E-state index in [1.165, 1.54) is 19.3 Å². The van der Waals surface area contributed by atoms with Crippen LogP contribution in [0.3, 0.4) is 0 Å². The summed E-state index contributed by atoms with van der Waals surface area (Å²) in [4.78, 5) is 8.10. The van der Waals surface area contributed by atoms with Crippen molar-refractivity contribution in [2.24, 2.45) is 16.7 Å². The van der Waals surface area contributed by atoms with Gasteiger partial charge in [-0.25, -0.2) is 4.98 Å². The fraction of sp³-hybridized carbons (Fsp3) is 0.588. The zero-order chi connectivity index (χ0) is 14.0. The van der Waals surface area contributed by atoms with Crippen LogP contribution in [0.15, 0.2) is 24.3 Å². The third-order valence-electron chi connectivity index (χ3n) is 5.94. The van der Waals surface area contributed by atoms with Crippen LogP contribution in [0.4, 0.5) is 5.95 Å². The van der Waals surface area contributed by atoms with E-state index in [2.05, 4.69) is 48.2 Å². The first-order chi connectivity index (χ1) is 9.49. The Balaban J connectivity index is 1.68. The van der Waals surface area contributed by atoms with Crippen molar-refractivity contribution in [1.82, 2.24) is 9.97 Å². The highest BCUT2D eigenvalue weighted by Gasteiger charge is 2.59. The fourth-order valence-electron chi connectivity index (χ4n) is 4.82. The molecule has 2 aliphatic rings. The Kier molecular flexibility index (Phi) is 2.31. The van der Waals surface area contributed by atoms with Crippen LogP contribution >= 0.6 is 0 Å². The molecule has 1 aromatic heterocycles. The minimum atomic E-state index is 0.353. The number of anilines is 1. The monoisotopic (exact) mass is 269 g/mol. The van der Waals surface area contributed by atoms with E-state index in [9.17, 15) is 0 Å². The van der Waals surface area contributed by atoms with Crippen LogP contribution in [0.2, 0.25) is 0 Å². The third kappa shape index (κ3) is 1.55. The van der Waals surface area contributed by atoms with Crippen LogP contribution in [0.1, 0.15) is 40.0 Å². The lowest BCUT2D eigenvalue weighted by atomic mass is 9.68. The molecule has 2 N–H and O–H groups in total. The number of H-pyrrole nitrogens is 1. The van der Waals surface area contributed by atoms with Gasteiger partial charge in [-0.1, -0.05) is 32.9 Å². The van der Waals surface area contributed by atoms with Gasteiger partial charge in [-0.05, 0) is 48.1 Å². The zero-order valence-corrected chi connectivity index (χ0v) is 12.5. The summed E-state index contributed by atoms with van der Waals surface area (Å²) in [6, 6.07) is 8.74. The average Bonchev–Trinajstić information content (AvgIpc) is 3.03. The van der Waals surface area contributed by atoms with E-state index in [-0.39, 0.29) is 0 Å². The summed E-state index contributed by atoms with van der Waals surface area (Å²) in [5.41, 5.74) is 2.93. The maximum absolute atomic E-state index is 4.69. The fourth-order valence-corrected chi connectivity index (χ4v) is 4.82. The molecule has 0 radical (unpaired) electrons. The summed E-state index contributed by atoms with van der Waals surface area (Å²) < 4.78 is 0. The largest absolute Gasteiger partial charge is 0.352 e. The van der Waals surface area contributed by atoms with Gasteiger partial charge < -0.3 is 10.3 Å². The van der Waals surface area contributed by atoms with Crippen LogP contribution in [-0.2, 0) is 0 Å². The van der Waals surface area contributed by atoms with Crippen LogP contribution in [0, 0.1) is 16.7 Å². The van der Waals surface area contributed by atoms with E-state index in [0.29, 0.717) is 16.9 Å². The first-order valence-electron chi connectivity index (χ1n) is 7.70. The standard InChI is InChI=1S/C17H23N3/c1-16(2)11-8-9-17(3,10-11)14(16)20-15-18-12-6-4-5-7-13(12)19-15/h4-7,11,14H,8-10H2,1-3H3,(H2,18,19,20). The van der Waals surface area contributed by atoms with E-state index in [0.717, 1.165) is 22.9 Å². The molecule has 0 spiro atoms. The van der Waals surface area contributed by atoms with E-state index >= 15 is 0 Å². The highest BCUT2D eigenvalue weighted by Crippen LogP contribution is 2.62. The Morgan fingerprint density at radius 2 is 2.05 bits per heavy atom. The Bertz CT molecular complexity index is 619. The normalized spacial score (nSPS) is 34.8. The number of hydrogen-bond acceptors (Lipinski definition) is 2. The van der Waals surface area contributed by atoms with Gasteiger partial charge in [0.05, 0.1) is 11.0 Å². The molecule has 0 saturated heterocycles. The van der Waals surface area contributed by atoms with Gasteiger partial charge in [0.15, 0.2) is 0 Å². The number of imidazole rings is 1. The molecule has 3 unspecified atom stereocenters. The van der Waals surface area contributed by atoms with Crippen LogP contribution in [-0.4, -0.2) is 16.0 Å². The molecule has 2 aromatic rings. The summed E-state index contributed by atoms with van der Waals surface area (Å²) in [7, 11) is 0. The molecule has 3 atom stereocenters. The van der Waals surface area contributed by atoms with E-state index in [1.807, 2.05) is 12.1 Å². The Hall–Kier alpha value is -1.51. The van der Waals surface area contributed by atoms with Gasteiger partial charge in [0, 0.05) is 6.04 Å². The second-order valence-electron chi connectivity index (χ2n) is 7.60. The SMILES string of the molecule is CC12CCC(C1)C(C)(C)C2Nc1nc2ccccc2[nH]1.